The Morgan fingerprint density at radius 3 is 2.55 bits per heavy atom. The third-order valence-electron chi connectivity index (χ3n) is 4.19. The van der Waals surface area contributed by atoms with Crippen molar-refractivity contribution in [2.75, 3.05) is 6.61 Å². The number of carbonyl (C=O) groups is 2. The van der Waals surface area contributed by atoms with Crippen LogP contribution in [0.4, 0.5) is 0 Å². The zero-order valence-electron chi connectivity index (χ0n) is 12.9. The van der Waals surface area contributed by atoms with Crippen LogP contribution in [0.3, 0.4) is 0 Å². The molecule has 0 radical (unpaired) electrons. The van der Waals surface area contributed by atoms with Crippen LogP contribution in [0.15, 0.2) is 24.3 Å². The van der Waals surface area contributed by atoms with E-state index >= 15 is 0 Å². The number of hydrogen-bond acceptors (Lipinski definition) is 3. The summed E-state index contributed by atoms with van der Waals surface area (Å²) in [4.78, 5) is 22.7. The summed E-state index contributed by atoms with van der Waals surface area (Å²) in [5, 5.41) is 11.9. The van der Waals surface area contributed by atoms with Crippen LogP contribution in [-0.4, -0.2) is 29.6 Å². The van der Waals surface area contributed by atoms with Crippen LogP contribution in [-0.2, 0) is 20.9 Å². The smallest absolute Gasteiger partial charge is 0.306 e. The third-order valence-corrected chi connectivity index (χ3v) is 4.19. The molecular weight excluding hydrogens is 282 g/mol. The molecule has 0 saturated heterocycles. The lowest BCUT2D eigenvalue weighted by Gasteiger charge is -2.26. The van der Waals surface area contributed by atoms with Gasteiger partial charge in [0.1, 0.15) is 6.61 Å². The van der Waals surface area contributed by atoms with Gasteiger partial charge in [-0.15, -0.1) is 0 Å². The van der Waals surface area contributed by atoms with Gasteiger partial charge in [-0.05, 0) is 43.7 Å². The number of nitrogens with one attached hydrogen (secondary N) is 1. The Morgan fingerprint density at radius 2 is 1.91 bits per heavy atom. The number of hydrogen-bond donors (Lipinski definition) is 2. The summed E-state index contributed by atoms with van der Waals surface area (Å²) in [5.74, 6) is -1.12. The fourth-order valence-corrected chi connectivity index (χ4v) is 2.78. The van der Waals surface area contributed by atoms with Crippen molar-refractivity contribution in [3.8, 4) is 0 Å². The molecule has 1 fully saturated rings. The first kappa shape index (κ1) is 16.5. The highest BCUT2D eigenvalue weighted by Crippen LogP contribution is 2.24. The van der Waals surface area contributed by atoms with Crippen LogP contribution in [0, 0.1) is 12.8 Å². The first-order valence-corrected chi connectivity index (χ1v) is 7.70. The molecule has 0 bridgehead atoms. The molecule has 1 aromatic rings. The molecule has 0 aliphatic heterocycles. The van der Waals surface area contributed by atoms with Gasteiger partial charge in [-0.3, -0.25) is 9.59 Å². The quantitative estimate of drug-likeness (QED) is 0.845. The first-order valence-electron chi connectivity index (χ1n) is 7.70. The van der Waals surface area contributed by atoms with E-state index in [0.717, 1.165) is 24.0 Å². The normalized spacial score (nSPS) is 21.3. The summed E-state index contributed by atoms with van der Waals surface area (Å²) in [6.07, 6.45) is 2.70. The van der Waals surface area contributed by atoms with E-state index < -0.39 is 5.97 Å². The zero-order valence-corrected chi connectivity index (χ0v) is 12.9. The molecule has 1 aromatic carbocycles. The summed E-state index contributed by atoms with van der Waals surface area (Å²) in [6, 6.07) is 8.00. The fraction of sp³-hybridized carbons (Fsp3) is 0.529. The van der Waals surface area contributed by atoms with Crippen LogP contribution in [0.5, 0.6) is 0 Å². The molecule has 0 heterocycles. The molecule has 1 aliphatic carbocycles. The number of carbonyl (C=O) groups excluding carboxylic acids is 1. The SMILES string of the molecule is Cc1ccccc1COCC(=O)NC1CCC(C(=O)O)CC1. The van der Waals surface area contributed by atoms with Gasteiger partial charge in [-0.25, -0.2) is 0 Å². The monoisotopic (exact) mass is 305 g/mol. The lowest BCUT2D eigenvalue weighted by atomic mass is 9.86. The highest BCUT2D eigenvalue weighted by Gasteiger charge is 2.26. The Balaban J connectivity index is 1.66. The van der Waals surface area contributed by atoms with Gasteiger partial charge in [-0.1, -0.05) is 24.3 Å². The molecule has 0 unspecified atom stereocenters. The second-order valence-electron chi connectivity index (χ2n) is 5.87. The number of rotatable bonds is 6. The van der Waals surface area contributed by atoms with Gasteiger partial charge < -0.3 is 15.2 Å². The summed E-state index contributed by atoms with van der Waals surface area (Å²) in [6.45, 7) is 2.47. The van der Waals surface area contributed by atoms with Crippen LogP contribution in [0.25, 0.3) is 0 Å². The predicted octanol–water partition coefficient (Wildman–Crippen LogP) is 2.27. The number of aryl methyl sites for hydroxylation is 1. The summed E-state index contributed by atoms with van der Waals surface area (Å²) in [5.41, 5.74) is 2.23. The van der Waals surface area contributed by atoms with E-state index in [0.29, 0.717) is 19.4 Å². The second-order valence-corrected chi connectivity index (χ2v) is 5.87. The highest BCUT2D eigenvalue weighted by molar-refractivity contribution is 5.77. The van der Waals surface area contributed by atoms with Gasteiger partial charge >= 0.3 is 5.97 Å². The van der Waals surface area contributed by atoms with Gasteiger partial charge in [0, 0.05) is 6.04 Å². The molecule has 0 spiro atoms. The van der Waals surface area contributed by atoms with Crippen molar-refractivity contribution in [2.45, 2.75) is 45.3 Å². The fourth-order valence-electron chi connectivity index (χ4n) is 2.78. The van der Waals surface area contributed by atoms with E-state index in [1.807, 2.05) is 31.2 Å². The minimum absolute atomic E-state index is 0.0349. The van der Waals surface area contributed by atoms with E-state index in [1.54, 1.807) is 0 Å². The van der Waals surface area contributed by atoms with Crippen LogP contribution in [0.2, 0.25) is 0 Å². The molecule has 0 aromatic heterocycles. The minimum Gasteiger partial charge on any atom is -0.481 e. The summed E-state index contributed by atoms with van der Waals surface area (Å²) >= 11 is 0. The van der Waals surface area contributed by atoms with Crippen molar-refractivity contribution >= 4 is 11.9 Å². The zero-order chi connectivity index (χ0) is 15.9. The van der Waals surface area contributed by atoms with Crippen molar-refractivity contribution in [1.82, 2.24) is 5.32 Å². The molecule has 1 amide bonds. The maximum absolute atomic E-state index is 11.8. The molecule has 2 rings (SSSR count). The standard InChI is InChI=1S/C17H23NO4/c1-12-4-2-3-5-14(12)10-22-11-16(19)18-15-8-6-13(7-9-15)17(20)21/h2-5,13,15H,6-11H2,1H3,(H,18,19)(H,20,21). The molecule has 1 aliphatic rings. The third kappa shape index (κ3) is 4.84. The molecular formula is C17H23NO4. The van der Waals surface area contributed by atoms with Crippen LogP contribution < -0.4 is 5.32 Å². The van der Waals surface area contributed by atoms with Crippen molar-refractivity contribution < 1.29 is 19.4 Å². The maximum atomic E-state index is 11.8. The summed E-state index contributed by atoms with van der Waals surface area (Å²) in [7, 11) is 0. The highest BCUT2D eigenvalue weighted by atomic mass is 16.5. The first-order chi connectivity index (χ1) is 10.6. The van der Waals surface area contributed by atoms with Gasteiger partial charge in [0.05, 0.1) is 12.5 Å². The van der Waals surface area contributed by atoms with Crippen molar-refractivity contribution in [1.29, 1.82) is 0 Å². The van der Waals surface area contributed by atoms with Gasteiger partial charge in [0.2, 0.25) is 5.91 Å². The lowest BCUT2D eigenvalue weighted by molar-refractivity contribution is -0.142. The van der Waals surface area contributed by atoms with Crippen LogP contribution in [0.1, 0.15) is 36.8 Å². The van der Waals surface area contributed by atoms with Crippen molar-refractivity contribution in [3.05, 3.63) is 35.4 Å². The van der Waals surface area contributed by atoms with Gasteiger partial charge in [0.15, 0.2) is 0 Å². The Kier molecular flexibility index (Phi) is 5.95. The Morgan fingerprint density at radius 1 is 1.23 bits per heavy atom. The number of amides is 1. The van der Waals surface area contributed by atoms with Crippen LogP contribution >= 0.6 is 0 Å². The molecule has 2 N–H and O–H groups in total. The van der Waals surface area contributed by atoms with Gasteiger partial charge in [-0.2, -0.15) is 0 Å². The van der Waals surface area contributed by atoms with E-state index in [1.165, 1.54) is 0 Å². The average Bonchev–Trinajstić information content (AvgIpc) is 2.50. The molecule has 120 valence electrons. The Hall–Kier alpha value is -1.88. The number of aliphatic carboxylic acids is 1. The molecule has 5 nitrogen and oxygen atoms in total. The Labute approximate surface area is 130 Å². The topological polar surface area (TPSA) is 75.6 Å². The predicted molar refractivity (Wildman–Crippen MR) is 82.4 cm³/mol. The molecule has 1 saturated carbocycles. The minimum atomic E-state index is -0.730. The maximum Gasteiger partial charge on any atom is 0.306 e. The molecule has 0 atom stereocenters. The number of ether oxygens (including phenoxy) is 1. The lowest BCUT2D eigenvalue weighted by Crippen LogP contribution is -2.40. The van der Waals surface area contributed by atoms with Crippen molar-refractivity contribution in [3.63, 3.8) is 0 Å². The number of carboxylic acid groups (broad SMARTS) is 1. The largest absolute Gasteiger partial charge is 0.481 e. The average molecular weight is 305 g/mol. The molecule has 5 heteroatoms. The second kappa shape index (κ2) is 7.94. The summed E-state index contributed by atoms with van der Waals surface area (Å²) < 4.78 is 5.46. The van der Waals surface area contributed by atoms with E-state index in [9.17, 15) is 9.59 Å². The van der Waals surface area contributed by atoms with E-state index in [2.05, 4.69) is 5.32 Å². The van der Waals surface area contributed by atoms with Gasteiger partial charge in [0.25, 0.3) is 0 Å². The van der Waals surface area contributed by atoms with Crippen molar-refractivity contribution in [2.24, 2.45) is 5.92 Å². The van der Waals surface area contributed by atoms with E-state index in [4.69, 9.17) is 9.84 Å². The van der Waals surface area contributed by atoms with E-state index in [-0.39, 0.29) is 24.5 Å². The number of benzene rings is 1. The number of carboxylic acids is 1. The Bertz CT molecular complexity index is 521. The molecule has 22 heavy (non-hydrogen) atoms.